The van der Waals surface area contributed by atoms with E-state index in [0.29, 0.717) is 42.0 Å². The van der Waals surface area contributed by atoms with Crippen molar-refractivity contribution in [2.45, 2.75) is 83.2 Å². The van der Waals surface area contributed by atoms with Crippen molar-refractivity contribution in [3.05, 3.63) is 46.1 Å². The number of hydrogen-bond donors (Lipinski definition) is 1. The molecule has 0 spiro atoms. The summed E-state index contributed by atoms with van der Waals surface area (Å²) in [6, 6.07) is 8.10. The van der Waals surface area contributed by atoms with E-state index in [4.69, 9.17) is 14.7 Å². The van der Waals surface area contributed by atoms with E-state index in [0.717, 1.165) is 28.7 Å². The maximum absolute atomic E-state index is 13.5. The van der Waals surface area contributed by atoms with Gasteiger partial charge >= 0.3 is 5.97 Å². The maximum Gasteiger partial charge on any atom is 0.306 e. The molecule has 2 unspecified atom stereocenters. The molecule has 4 aliphatic rings. The van der Waals surface area contributed by atoms with Gasteiger partial charge in [0, 0.05) is 49.4 Å². The Bertz CT molecular complexity index is 1660. The molecule has 220 valence electrons. The summed E-state index contributed by atoms with van der Waals surface area (Å²) in [4.78, 5) is 23.7. The number of hydrogen-bond acceptors (Lipinski definition) is 7. The Kier molecular flexibility index (Phi) is 6.54. The monoisotopic (exact) mass is 580 g/mol. The van der Waals surface area contributed by atoms with Crippen LogP contribution >= 0.6 is 0 Å². The summed E-state index contributed by atoms with van der Waals surface area (Å²) < 4.78 is 35.0. The van der Waals surface area contributed by atoms with Crippen LogP contribution in [0.5, 0.6) is 11.5 Å². The van der Waals surface area contributed by atoms with Gasteiger partial charge in [-0.3, -0.25) is 9.79 Å². The number of carboxylic acids is 1. The lowest BCUT2D eigenvalue weighted by Crippen LogP contribution is -2.45. The Morgan fingerprint density at radius 3 is 2.41 bits per heavy atom. The zero-order valence-corrected chi connectivity index (χ0v) is 25.6. The molecule has 1 N–H and O–H groups in total. The number of carboxylic acid groups (broad SMARTS) is 1. The second-order valence-electron chi connectivity index (χ2n) is 13.6. The van der Waals surface area contributed by atoms with Crippen molar-refractivity contribution < 1.29 is 23.1 Å². The molecule has 0 saturated carbocycles. The van der Waals surface area contributed by atoms with Crippen molar-refractivity contribution in [1.82, 2.24) is 4.31 Å². The zero-order valence-electron chi connectivity index (χ0n) is 24.8. The summed E-state index contributed by atoms with van der Waals surface area (Å²) in [5, 5.41) is 10.7. The fraction of sp³-hybridized carbons (Fsp3) is 0.581. The zero-order chi connectivity index (χ0) is 29.5. The highest BCUT2D eigenvalue weighted by molar-refractivity contribution is 7.89. The number of nitrogens with zero attached hydrogens (tertiary/aromatic N) is 4. The van der Waals surface area contributed by atoms with Gasteiger partial charge in [0.2, 0.25) is 10.0 Å². The molecule has 4 aliphatic heterocycles. The van der Waals surface area contributed by atoms with Gasteiger partial charge in [-0.1, -0.05) is 6.92 Å². The highest BCUT2D eigenvalue weighted by Gasteiger charge is 2.38. The summed E-state index contributed by atoms with van der Waals surface area (Å²) in [6.07, 6.45) is 2.32. The van der Waals surface area contributed by atoms with Crippen LogP contribution in [0.3, 0.4) is 0 Å². The van der Waals surface area contributed by atoms with Gasteiger partial charge in [-0.25, -0.2) is 17.7 Å². The molecule has 0 bridgehead atoms. The molecule has 0 radical (unpaired) electrons. The van der Waals surface area contributed by atoms with Crippen LogP contribution in [0.25, 0.3) is 0 Å². The second-order valence-corrected chi connectivity index (χ2v) is 15.6. The summed E-state index contributed by atoms with van der Waals surface area (Å²) >= 11 is 0. The fourth-order valence-corrected chi connectivity index (χ4v) is 8.92. The molecule has 9 nitrogen and oxygen atoms in total. The van der Waals surface area contributed by atoms with Gasteiger partial charge in [-0.15, -0.1) is 0 Å². The molecule has 6 rings (SSSR count). The van der Waals surface area contributed by atoms with Gasteiger partial charge < -0.3 is 14.7 Å². The molecule has 0 aromatic heterocycles. The predicted octanol–water partition coefficient (Wildman–Crippen LogP) is 4.48. The topological polar surface area (TPSA) is 112 Å². The summed E-state index contributed by atoms with van der Waals surface area (Å²) in [6.45, 7) is 11.3. The molecule has 1 fully saturated rings. The molecule has 10 heteroatoms. The van der Waals surface area contributed by atoms with Crippen LogP contribution in [0, 0.1) is 5.92 Å². The number of ether oxygens (including phenoxy) is 1. The van der Waals surface area contributed by atoms with Crippen molar-refractivity contribution in [1.29, 1.82) is 0 Å². The number of carbonyl (C=O) groups is 1. The molecule has 1 saturated heterocycles. The lowest BCUT2D eigenvalue weighted by Gasteiger charge is -2.45. The third kappa shape index (κ3) is 5.03. The van der Waals surface area contributed by atoms with Gasteiger partial charge in [0.15, 0.2) is 11.5 Å². The first-order chi connectivity index (χ1) is 19.1. The van der Waals surface area contributed by atoms with E-state index >= 15 is 0 Å². The molecule has 2 aromatic rings. The molecular formula is C31H40N4O5S. The van der Waals surface area contributed by atoms with E-state index in [-0.39, 0.29) is 30.3 Å². The minimum atomic E-state index is -3.59. The smallest absolute Gasteiger partial charge is 0.306 e. The molecule has 4 heterocycles. The van der Waals surface area contributed by atoms with E-state index in [1.807, 2.05) is 26.0 Å². The summed E-state index contributed by atoms with van der Waals surface area (Å²) in [7, 11) is -1.46. The lowest BCUT2D eigenvalue weighted by molar-refractivity contribution is -0.142. The van der Waals surface area contributed by atoms with E-state index in [1.54, 1.807) is 0 Å². The van der Waals surface area contributed by atoms with Crippen LogP contribution in [0.2, 0.25) is 0 Å². The maximum atomic E-state index is 13.5. The van der Waals surface area contributed by atoms with E-state index in [1.165, 1.54) is 9.87 Å². The third-order valence-corrected chi connectivity index (χ3v) is 11.5. The van der Waals surface area contributed by atoms with Gasteiger partial charge in [0.1, 0.15) is 11.0 Å². The average Bonchev–Trinajstić information content (AvgIpc) is 2.88. The van der Waals surface area contributed by atoms with Crippen LogP contribution in [0.4, 0.5) is 11.4 Å². The average molecular weight is 581 g/mol. The highest BCUT2D eigenvalue weighted by Crippen LogP contribution is 2.48. The SMILES string of the molecule is CC1CC(C)(C)N(C)c2cc3c(cc21)N=c1cc2c(cc1O3)=NC(C)(C)CC2CS(=O)(=O)N1CCC(C(=O)O)CC1. The third-order valence-electron chi connectivity index (χ3n) is 9.50. The van der Waals surface area contributed by atoms with E-state index in [2.05, 4.69) is 44.9 Å². The van der Waals surface area contributed by atoms with Gasteiger partial charge in [-0.05, 0) is 82.6 Å². The first kappa shape index (κ1) is 28.2. The normalized spacial score (nSPS) is 25.0. The van der Waals surface area contributed by atoms with Crippen LogP contribution in [-0.2, 0) is 14.8 Å². The number of benzene rings is 2. The molecule has 0 amide bonds. The van der Waals surface area contributed by atoms with Crippen molar-refractivity contribution in [2.75, 3.05) is 30.8 Å². The number of fused-ring (bicyclic) bond motifs is 4. The van der Waals surface area contributed by atoms with E-state index in [9.17, 15) is 18.3 Å². The molecule has 41 heavy (non-hydrogen) atoms. The molecular weight excluding hydrogens is 540 g/mol. The first-order valence-corrected chi connectivity index (χ1v) is 16.2. The largest absolute Gasteiger partial charge is 0.481 e. The van der Waals surface area contributed by atoms with Crippen LogP contribution in [0.15, 0.2) is 34.3 Å². The summed E-state index contributed by atoms with van der Waals surface area (Å²) in [5.74, 6) is 0.0902. The Morgan fingerprint density at radius 2 is 1.73 bits per heavy atom. The molecule has 2 atom stereocenters. The number of piperidine rings is 1. The quantitative estimate of drug-likeness (QED) is 0.487. The van der Waals surface area contributed by atoms with Gasteiger partial charge in [0.25, 0.3) is 0 Å². The minimum Gasteiger partial charge on any atom is -0.481 e. The van der Waals surface area contributed by atoms with Crippen LogP contribution in [-0.4, -0.2) is 60.8 Å². The van der Waals surface area contributed by atoms with Crippen LogP contribution < -0.4 is 20.4 Å². The lowest BCUT2D eigenvalue weighted by atomic mass is 9.80. The first-order valence-electron chi connectivity index (χ1n) is 14.6. The Morgan fingerprint density at radius 1 is 1.02 bits per heavy atom. The Labute approximate surface area is 242 Å². The Hall–Kier alpha value is -2.98. The van der Waals surface area contributed by atoms with Gasteiger partial charge in [-0.2, -0.15) is 0 Å². The van der Waals surface area contributed by atoms with Crippen molar-refractivity contribution in [2.24, 2.45) is 15.9 Å². The summed E-state index contributed by atoms with van der Waals surface area (Å²) in [5.41, 5.74) is 3.67. The number of aliphatic carboxylic acids is 1. The number of rotatable bonds is 4. The standard InChI is InChI=1S/C31H40N4O5S/c1-18-15-31(4,5)34(6)26-14-28-24(11-21(18)26)32-25-12-22-20(16-30(2,3)33-23(22)13-27(25)40-28)17-41(38,39)35-9-7-19(8-10-35)29(36)37/h11-14,18-20H,7-10,15-17H2,1-6H3,(H,36,37). The second kappa shape index (κ2) is 9.52. The van der Waals surface area contributed by atoms with Crippen molar-refractivity contribution in [3.63, 3.8) is 0 Å². The van der Waals surface area contributed by atoms with Crippen molar-refractivity contribution >= 4 is 27.4 Å². The molecule has 2 aromatic carbocycles. The minimum absolute atomic E-state index is 0.0371. The number of sulfonamides is 1. The molecule has 0 aliphatic carbocycles. The highest BCUT2D eigenvalue weighted by atomic mass is 32.2. The number of anilines is 1. The predicted molar refractivity (Wildman–Crippen MR) is 158 cm³/mol. The Balaban J connectivity index is 1.36. The van der Waals surface area contributed by atoms with Crippen LogP contribution in [0.1, 0.15) is 83.3 Å². The van der Waals surface area contributed by atoms with Crippen molar-refractivity contribution in [3.8, 4) is 11.5 Å². The van der Waals surface area contributed by atoms with Gasteiger partial charge in [0.05, 0.1) is 22.6 Å². The fourth-order valence-electron chi connectivity index (χ4n) is 7.14. The van der Waals surface area contributed by atoms with E-state index < -0.39 is 27.4 Å².